The molecule has 0 fully saturated rings. The Balaban J connectivity index is 2.36. The highest BCUT2D eigenvalue weighted by atomic mass is 15.5. The monoisotopic (exact) mass is 214 g/mol. The summed E-state index contributed by atoms with van der Waals surface area (Å²) in [6.07, 6.45) is 0. The molecule has 2 aromatic carbocycles. The van der Waals surface area contributed by atoms with E-state index < -0.39 is 0 Å². The molecule has 0 bridgehead atoms. The molecule has 2 nitrogen and oxygen atoms in total. The van der Waals surface area contributed by atoms with E-state index in [-0.39, 0.29) is 0 Å². The lowest BCUT2D eigenvalue weighted by Crippen LogP contribution is -2.34. The van der Waals surface area contributed by atoms with Gasteiger partial charge in [0, 0.05) is 13.1 Å². The Morgan fingerprint density at radius 1 is 1.06 bits per heavy atom. The van der Waals surface area contributed by atoms with Crippen molar-refractivity contribution in [3.05, 3.63) is 48.0 Å². The zero-order valence-electron chi connectivity index (χ0n) is 9.90. The Morgan fingerprint density at radius 2 is 1.81 bits per heavy atom. The molecule has 0 aromatic heterocycles. The molecule has 0 aliphatic carbocycles. The quantitative estimate of drug-likeness (QED) is 0.787. The normalized spacial score (nSPS) is 11.2. The van der Waals surface area contributed by atoms with Gasteiger partial charge in [-0.3, -0.25) is 5.43 Å². The summed E-state index contributed by atoms with van der Waals surface area (Å²) >= 11 is 0. The Labute approximate surface area is 96.9 Å². The van der Waals surface area contributed by atoms with Crippen LogP contribution in [0.5, 0.6) is 0 Å². The minimum absolute atomic E-state index is 0.939. The van der Waals surface area contributed by atoms with Crippen LogP contribution in [-0.4, -0.2) is 18.6 Å². The SMILES string of the molecule is CCN(Cc1cccc2ccccc12)NC. The maximum atomic E-state index is 3.20. The fourth-order valence-electron chi connectivity index (χ4n) is 1.98. The first-order chi connectivity index (χ1) is 7.85. The van der Waals surface area contributed by atoms with Crippen molar-refractivity contribution in [2.24, 2.45) is 0 Å². The van der Waals surface area contributed by atoms with E-state index in [4.69, 9.17) is 0 Å². The molecule has 1 N–H and O–H groups in total. The molecule has 2 aromatic rings. The molecule has 0 amide bonds. The number of fused-ring (bicyclic) bond motifs is 1. The summed E-state index contributed by atoms with van der Waals surface area (Å²) in [5.41, 5.74) is 4.57. The van der Waals surface area contributed by atoms with Crippen molar-refractivity contribution in [1.82, 2.24) is 10.4 Å². The van der Waals surface area contributed by atoms with Crippen molar-refractivity contribution in [2.45, 2.75) is 13.5 Å². The van der Waals surface area contributed by atoms with Crippen LogP contribution in [0.2, 0.25) is 0 Å². The van der Waals surface area contributed by atoms with Gasteiger partial charge in [-0.15, -0.1) is 0 Å². The lowest BCUT2D eigenvalue weighted by molar-refractivity contribution is 0.211. The van der Waals surface area contributed by atoms with Crippen LogP contribution >= 0.6 is 0 Å². The van der Waals surface area contributed by atoms with Gasteiger partial charge in [0.2, 0.25) is 0 Å². The van der Waals surface area contributed by atoms with Crippen LogP contribution in [0, 0.1) is 0 Å². The molecule has 0 radical (unpaired) electrons. The molecule has 0 spiro atoms. The van der Waals surface area contributed by atoms with Gasteiger partial charge in [-0.2, -0.15) is 0 Å². The van der Waals surface area contributed by atoms with E-state index in [9.17, 15) is 0 Å². The van der Waals surface area contributed by atoms with Crippen LogP contribution in [-0.2, 0) is 6.54 Å². The van der Waals surface area contributed by atoms with E-state index in [2.05, 4.69) is 59.8 Å². The maximum Gasteiger partial charge on any atom is 0.0387 e. The Kier molecular flexibility index (Phi) is 3.54. The number of nitrogens with zero attached hydrogens (tertiary/aromatic N) is 1. The molecule has 0 atom stereocenters. The highest BCUT2D eigenvalue weighted by molar-refractivity contribution is 5.85. The molecule has 0 aliphatic heterocycles. The van der Waals surface area contributed by atoms with Crippen molar-refractivity contribution in [1.29, 1.82) is 0 Å². The Bertz CT molecular complexity index is 456. The molecule has 0 unspecified atom stereocenters. The van der Waals surface area contributed by atoms with E-state index in [1.165, 1.54) is 16.3 Å². The van der Waals surface area contributed by atoms with Gasteiger partial charge in [-0.05, 0) is 23.4 Å². The summed E-state index contributed by atoms with van der Waals surface area (Å²) < 4.78 is 0. The Morgan fingerprint density at radius 3 is 2.56 bits per heavy atom. The van der Waals surface area contributed by atoms with E-state index in [1.54, 1.807) is 0 Å². The van der Waals surface area contributed by atoms with Crippen molar-refractivity contribution in [3.8, 4) is 0 Å². The van der Waals surface area contributed by atoms with Crippen LogP contribution in [0.3, 0.4) is 0 Å². The minimum atomic E-state index is 0.939. The standard InChI is InChI=1S/C14H18N2/c1-3-16(15-2)11-13-9-6-8-12-7-4-5-10-14(12)13/h4-10,15H,3,11H2,1-2H3. The van der Waals surface area contributed by atoms with Gasteiger partial charge >= 0.3 is 0 Å². The molecule has 0 saturated carbocycles. The van der Waals surface area contributed by atoms with Crippen LogP contribution in [0.1, 0.15) is 12.5 Å². The van der Waals surface area contributed by atoms with E-state index in [1.807, 2.05) is 7.05 Å². The summed E-state index contributed by atoms with van der Waals surface area (Å²) in [5.74, 6) is 0. The second-order valence-corrected chi connectivity index (χ2v) is 3.88. The Hall–Kier alpha value is -1.38. The van der Waals surface area contributed by atoms with Crippen LogP contribution < -0.4 is 5.43 Å². The number of benzene rings is 2. The van der Waals surface area contributed by atoms with Gasteiger partial charge in [-0.25, -0.2) is 5.01 Å². The van der Waals surface area contributed by atoms with E-state index in [0.29, 0.717) is 0 Å². The number of hydrogen-bond acceptors (Lipinski definition) is 2. The molecule has 2 rings (SSSR count). The van der Waals surface area contributed by atoms with Crippen LogP contribution in [0.15, 0.2) is 42.5 Å². The van der Waals surface area contributed by atoms with Crippen molar-refractivity contribution < 1.29 is 0 Å². The average Bonchev–Trinajstić information content (AvgIpc) is 2.36. The molecule has 16 heavy (non-hydrogen) atoms. The fourth-order valence-corrected chi connectivity index (χ4v) is 1.98. The first kappa shape index (κ1) is 11.1. The van der Waals surface area contributed by atoms with E-state index in [0.717, 1.165) is 13.1 Å². The second kappa shape index (κ2) is 5.10. The van der Waals surface area contributed by atoms with Gasteiger partial charge in [-0.1, -0.05) is 49.4 Å². The highest BCUT2D eigenvalue weighted by Crippen LogP contribution is 2.19. The predicted molar refractivity (Wildman–Crippen MR) is 69.1 cm³/mol. The highest BCUT2D eigenvalue weighted by Gasteiger charge is 2.04. The third-order valence-corrected chi connectivity index (χ3v) is 2.94. The summed E-state index contributed by atoms with van der Waals surface area (Å²) in [6, 6.07) is 15.0. The smallest absolute Gasteiger partial charge is 0.0387 e. The summed E-state index contributed by atoms with van der Waals surface area (Å²) in [4.78, 5) is 0. The summed E-state index contributed by atoms with van der Waals surface area (Å²) in [5, 5.41) is 4.85. The van der Waals surface area contributed by atoms with E-state index >= 15 is 0 Å². The molecular formula is C14H18N2. The largest absolute Gasteiger partial charge is 0.258 e. The number of rotatable bonds is 4. The van der Waals surface area contributed by atoms with Gasteiger partial charge in [0.05, 0.1) is 0 Å². The third kappa shape index (κ3) is 2.23. The van der Waals surface area contributed by atoms with Crippen LogP contribution in [0.25, 0.3) is 10.8 Å². The lowest BCUT2D eigenvalue weighted by Gasteiger charge is -2.19. The van der Waals surface area contributed by atoms with Gasteiger partial charge in [0.15, 0.2) is 0 Å². The minimum Gasteiger partial charge on any atom is -0.258 e. The first-order valence-corrected chi connectivity index (χ1v) is 5.74. The molecule has 0 heterocycles. The van der Waals surface area contributed by atoms with Crippen molar-refractivity contribution in [2.75, 3.05) is 13.6 Å². The number of nitrogens with one attached hydrogen (secondary N) is 1. The van der Waals surface area contributed by atoms with Crippen LogP contribution in [0.4, 0.5) is 0 Å². The lowest BCUT2D eigenvalue weighted by atomic mass is 10.0. The van der Waals surface area contributed by atoms with Gasteiger partial charge < -0.3 is 0 Å². The molecule has 84 valence electrons. The summed E-state index contributed by atoms with van der Waals surface area (Å²) in [7, 11) is 1.97. The molecule has 2 heteroatoms. The molecule has 0 saturated heterocycles. The van der Waals surface area contributed by atoms with Crippen molar-refractivity contribution in [3.63, 3.8) is 0 Å². The predicted octanol–water partition coefficient (Wildman–Crippen LogP) is 2.80. The molecular weight excluding hydrogens is 196 g/mol. The number of hydrogen-bond donors (Lipinski definition) is 1. The number of hydrazine groups is 1. The van der Waals surface area contributed by atoms with Gasteiger partial charge in [0.1, 0.15) is 0 Å². The average molecular weight is 214 g/mol. The third-order valence-electron chi connectivity index (χ3n) is 2.94. The molecule has 0 aliphatic rings. The second-order valence-electron chi connectivity index (χ2n) is 3.88. The maximum absolute atomic E-state index is 3.20. The first-order valence-electron chi connectivity index (χ1n) is 5.74. The topological polar surface area (TPSA) is 15.3 Å². The fraction of sp³-hybridized carbons (Fsp3) is 0.286. The van der Waals surface area contributed by atoms with Gasteiger partial charge in [0.25, 0.3) is 0 Å². The zero-order valence-corrected chi connectivity index (χ0v) is 9.90. The zero-order chi connectivity index (χ0) is 11.4. The van der Waals surface area contributed by atoms with Crippen molar-refractivity contribution >= 4 is 10.8 Å². The summed E-state index contributed by atoms with van der Waals surface area (Å²) in [6.45, 7) is 4.09.